The maximum absolute atomic E-state index is 13.3. The minimum absolute atomic E-state index is 0.0561. The minimum atomic E-state index is -0.962. The molecule has 0 radical (unpaired) electrons. The molecule has 7 nitrogen and oxygen atoms in total. The molecule has 1 aliphatic heterocycles. The standard InChI is InChI=1S/C26H20N2O5S/c1-14-8-10-17-20(12-14)34-26(27-17)28-22(16-9-11-18(29)19(13-16)33-2)21(24(31)25(28)32)23(30)15-6-4-3-5-7-15/h3-13,22,29-30H,1-2H3. The quantitative estimate of drug-likeness (QED) is 0.248. The van der Waals surface area contributed by atoms with Crippen molar-refractivity contribution in [1.82, 2.24) is 4.98 Å². The summed E-state index contributed by atoms with van der Waals surface area (Å²) < 4.78 is 6.13. The highest BCUT2D eigenvalue weighted by molar-refractivity contribution is 7.22. The van der Waals surface area contributed by atoms with Gasteiger partial charge in [-0.25, -0.2) is 4.98 Å². The molecule has 0 spiro atoms. The minimum Gasteiger partial charge on any atom is -0.507 e. The Bertz CT molecular complexity index is 1480. The van der Waals surface area contributed by atoms with E-state index in [9.17, 15) is 19.8 Å². The number of aromatic nitrogens is 1. The van der Waals surface area contributed by atoms with Gasteiger partial charge < -0.3 is 14.9 Å². The summed E-state index contributed by atoms with van der Waals surface area (Å²) in [6.07, 6.45) is 0. The summed E-state index contributed by atoms with van der Waals surface area (Å²) in [5.74, 6) is -1.78. The van der Waals surface area contributed by atoms with Crippen LogP contribution in [0.15, 0.2) is 72.3 Å². The number of aryl methyl sites for hydroxylation is 1. The predicted molar refractivity (Wildman–Crippen MR) is 130 cm³/mol. The topological polar surface area (TPSA) is 100.0 Å². The normalized spacial score (nSPS) is 17.5. The SMILES string of the molecule is COc1cc(C2C(=C(O)c3ccccc3)C(=O)C(=O)N2c2nc3ccc(C)cc3s2)ccc1O. The number of aromatic hydroxyl groups is 1. The number of methoxy groups -OCH3 is 1. The van der Waals surface area contributed by atoms with Gasteiger partial charge in [0.2, 0.25) is 0 Å². The van der Waals surface area contributed by atoms with E-state index in [1.165, 1.54) is 29.4 Å². The zero-order valence-corrected chi connectivity index (χ0v) is 19.2. The number of hydrogen-bond acceptors (Lipinski definition) is 7. The van der Waals surface area contributed by atoms with Crippen molar-refractivity contribution >= 4 is 44.1 Å². The van der Waals surface area contributed by atoms with E-state index >= 15 is 0 Å². The molecule has 1 unspecified atom stereocenters. The Kier molecular flexibility index (Phi) is 5.30. The van der Waals surface area contributed by atoms with E-state index in [1.54, 1.807) is 42.5 Å². The lowest BCUT2D eigenvalue weighted by Gasteiger charge is -2.23. The predicted octanol–water partition coefficient (Wildman–Crippen LogP) is 4.95. The number of anilines is 1. The maximum Gasteiger partial charge on any atom is 0.301 e. The number of phenols is 1. The van der Waals surface area contributed by atoms with Crippen LogP contribution in [0, 0.1) is 6.92 Å². The number of hydrogen-bond donors (Lipinski definition) is 2. The summed E-state index contributed by atoms with van der Waals surface area (Å²) in [6, 6.07) is 18.0. The Morgan fingerprint density at radius 3 is 2.56 bits per heavy atom. The van der Waals surface area contributed by atoms with Gasteiger partial charge in [-0.15, -0.1) is 0 Å². The number of aliphatic hydroxyl groups is 1. The van der Waals surface area contributed by atoms with Crippen molar-refractivity contribution < 1.29 is 24.5 Å². The van der Waals surface area contributed by atoms with Crippen molar-refractivity contribution in [3.63, 3.8) is 0 Å². The molecule has 1 atom stereocenters. The van der Waals surface area contributed by atoms with Gasteiger partial charge in [-0.2, -0.15) is 0 Å². The lowest BCUT2D eigenvalue weighted by atomic mass is 9.95. The fourth-order valence-electron chi connectivity index (χ4n) is 4.08. The van der Waals surface area contributed by atoms with Gasteiger partial charge in [0.15, 0.2) is 16.6 Å². The van der Waals surface area contributed by atoms with Crippen LogP contribution in [0.5, 0.6) is 11.5 Å². The summed E-state index contributed by atoms with van der Waals surface area (Å²) in [7, 11) is 1.41. The third kappa shape index (κ3) is 3.48. The number of aliphatic hydroxyl groups excluding tert-OH is 1. The summed E-state index contributed by atoms with van der Waals surface area (Å²) in [6.45, 7) is 1.97. The zero-order chi connectivity index (χ0) is 24.0. The molecule has 1 aliphatic rings. The Balaban J connectivity index is 1.75. The number of carbonyl (C=O) groups excluding carboxylic acids is 2. The number of benzene rings is 3. The van der Waals surface area contributed by atoms with Crippen molar-refractivity contribution in [2.45, 2.75) is 13.0 Å². The molecular formula is C26H20N2O5S. The number of Topliss-reactive ketones (excluding diaryl/α,β-unsaturated/α-hetero) is 1. The largest absolute Gasteiger partial charge is 0.507 e. The average Bonchev–Trinajstić information content (AvgIpc) is 3.37. The number of amides is 1. The summed E-state index contributed by atoms with van der Waals surface area (Å²) in [5.41, 5.74) is 2.60. The third-order valence-corrected chi connectivity index (χ3v) is 6.77. The van der Waals surface area contributed by atoms with Gasteiger partial charge in [-0.1, -0.05) is 53.8 Å². The molecule has 34 heavy (non-hydrogen) atoms. The number of phenolic OH excluding ortho intramolecular Hbond substituents is 1. The van der Waals surface area contributed by atoms with Crippen molar-refractivity contribution in [2.24, 2.45) is 0 Å². The molecule has 1 amide bonds. The van der Waals surface area contributed by atoms with Crippen LogP contribution in [-0.2, 0) is 9.59 Å². The van der Waals surface area contributed by atoms with Crippen LogP contribution in [0.25, 0.3) is 16.0 Å². The molecule has 0 aliphatic carbocycles. The second-order valence-corrected chi connectivity index (χ2v) is 8.94. The van der Waals surface area contributed by atoms with Crippen LogP contribution < -0.4 is 9.64 Å². The molecule has 1 fully saturated rings. The summed E-state index contributed by atoms with van der Waals surface area (Å²) in [5, 5.41) is 21.6. The number of thiazole rings is 1. The van der Waals surface area contributed by atoms with Gasteiger partial charge in [0.1, 0.15) is 5.76 Å². The van der Waals surface area contributed by atoms with E-state index in [0.29, 0.717) is 21.8 Å². The molecule has 8 heteroatoms. The molecule has 2 N–H and O–H groups in total. The fraction of sp³-hybridized carbons (Fsp3) is 0.115. The number of fused-ring (bicyclic) bond motifs is 1. The van der Waals surface area contributed by atoms with Gasteiger partial charge in [0.05, 0.1) is 28.9 Å². The molecule has 3 aromatic carbocycles. The Hall–Kier alpha value is -4.17. The summed E-state index contributed by atoms with van der Waals surface area (Å²) >= 11 is 1.29. The maximum atomic E-state index is 13.3. The van der Waals surface area contributed by atoms with Crippen molar-refractivity contribution in [3.8, 4) is 11.5 Å². The molecule has 170 valence electrons. The number of carbonyl (C=O) groups is 2. The van der Waals surface area contributed by atoms with Crippen molar-refractivity contribution in [3.05, 3.63) is 89.0 Å². The van der Waals surface area contributed by atoms with E-state index < -0.39 is 17.7 Å². The molecular weight excluding hydrogens is 452 g/mol. The lowest BCUT2D eigenvalue weighted by Crippen LogP contribution is -2.29. The first-order chi connectivity index (χ1) is 16.4. The molecule has 0 bridgehead atoms. The van der Waals surface area contributed by atoms with Gasteiger partial charge in [-0.3, -0.25) is 14.5 Å². The van der Waals surface area contributed by atoms with Crippen LogP contribution in [0.2, 0.25) is 0 Å². The average molecular weight is 473 g/mol. The molecule has 1 aromatic heterocycles. The van der Waals surface area contributed by atoms with Crippen LogP contribution in [0.1, 0.15) is 22.7 Å². The van der Waals surface area contributed by atoms with Gasteiger partial charge in [0, 0.05) is 5.56 Å². The van der Waals surface area contributed by atoms with Gasteiger partial charge in [0.25, 0.3) is 5.78 Å². The summed E-state index contributed by atoms with van der Waals surface area (Å²) in [4.78, 5) is 32.5. The van der Waals surface area contributed by atoms with Crippen LogP contribution in [-0.4, -0.2) is 34.0 Å². The number of ketones is 1. The first-order valence-corrected chi connectivity index (χ1v) is 11.3. The Morgan fingerprint density at radius 2 is 1.82 bits per heavy atom. The Morgan fingerprint density at radius 1 is 1.06 bits per heavy atom. The number of ether oxygens (including phenoxy) is 1. The number of rotatable bonds is 4. The van der Waals surface area contributed by atoms with Crippen LogP contribution in [0.4, 0.5) is 5.13 Å². The first-order valence-electron chi connectivity index (χ1n) is 10.5. The smallest absolute Gasteiger partial charge is 0.301 e. The molecule has 4 aromatic rings. The van der Waals surface area contributed by atoms with E-state index in [4.69, 9.17) is 4.74 Å². The van der Waals surface area contributed by atoms with E-state index in [2.05, 4.69) is 4.98 Å². The molecule has 1 saturated heterocycles. The third-order valence-electron chi connectivity index (χ3n) is 5.75. The highest BCUT2D eigenvalue weighted by Crippen LogP contribution is 2.45. The number of nitrogens with zero attached hydrogens (tertiary/aromatic N) is 2. The second-order valence-electron chi connectivity index (χ2n) is 7.93. The van der Waals surface area contributed by atoms with Crippen molar-refractivity contribution in [1.29, 1.82) is 0 Å². The van der Waals surface area contributed by atoms with Crippen molar-refractivity contribution in [2.75, 3.05) is 12.0 Å². The van der Waals surface area contributed by atoms with Crippen LogP contribution >= 0.6 is 11.3 Å². The highest BCUT2D eigenvalue weighted by atomic mass is 32.1. The highest BCUT2D eigenvalue weighted by Gasteiger charge is 2.48. The molecule has 5 rings (SSSR count). The monoisotopic (exact) mass is 472 g/mol. The van der Waals surface area contributed by atoms with E-state index in [-0.39, 0.29) is 22.8 Å². The van der Waals surface area contributed by atoms with Gasteiger partial charge in [-0.05, 0) is 42.3 Å². The zero-order valence-electron chi connectivity index (χ0n) is 18.4. The first kappa shape index (κ1) is 21.7. The molecule has 2 heterocycles. The van der Waals surface area contributed by atoms with E-state index in [0.717, 1.165) is 10.3 Å². The second kappa shape index (κ2) is 8.31. The van der Waals surface area contributed by atoms with Gasteiger partial charge >= 0.3 is 5.91 Å². The van der Waals surface area contributed by atoms with E-state index in [1.807, 2.05) is 25.1 Å². The lowest BCUT2D eigenvalue weighted by molar-refractivity contribution is -0.132. The Labute approximate surface area is 199 Å². The fourth-order valence-corrected chi connectivity index (χ4v) is 5.17. The van der Waals surface area contributed by atoms with Crippen LogP contribution in [0.3, 0.4) is 0 Å². The molecule has 0 saturated carbocycles.